The lowest BCUT2D eigenvalue weighted by molar-refractivity contribution is 0.0347. The van der Waals surface area contributed by atoms with Crippen molar-refractivity contribution in [3.63, 3.8) is 0 Å². The van der Waals surface area contributed by atoms with E-state index in [1.54, 1.807) is 0 Å². The SMILES string of the molecule is CN[C@H]1CC[C@@](CC#N)(C(C)(C)C)CC1. The van der Waals surface area contributed by atoms with Crippen LogP contribution in [0.2, 0.25) is 0 Å². The van der Waals surface area contributed by atoms with E-state index in [-0.39, 0.29) is 10.8 Å². The molecule has 0 amide bonds. The molecule has 1 saturated carbocycles. The molecule has 1 aliphatic rings. The van der Waals surface area contributed by atoms with Gasteiger partial charge >= 0.3 is 0 Å². The van der Waals surface area contributed by atoms with E-state index in [2.05, 4.69) is 32.2 Å². The predicted molar refractivity (Wildman–Crippen MR) is 63.4 cm³/mol. The average molecular weight is 208 g/mol. The van der Waals surface area contributed by atoms with Crippen molar-refractivity contribution in [2.45, 2.75) is 58.9 Å². The van der Waals surface area contributed by atoms with Crippen LogP contribution in [0.1, 0.15) is 52.9 Å². The maximum absolute atomic E-state index is 9.00. The Balaban J connectivity index is 2.75. The van der Waals surface area contributed by atoms with Gasteiger partial charge in [-0.25, -0.2) is 0 Å². The Morgan fingerprint density at radius 2 is 1.87 bits per heavy atom. The van der Waals surface area contributed by atoms with Crippen LogP contribution in [0, 0.1) is 22.2 Å². The van der Waals surface area contributed by atoms with Crippen molar-refractivity contribution in [1.82, 2.24) is 5.32 Å². The third-order valence-electron chi connectivity index (χ3n) is 4.36. The summed E-state index contributed by atoms with van der Waals surface area (Å²) in [6, 6.07) is 3.06. The highest BCUT2D eigenvalue weighted by molar-refractivity contribution is 4.99. The van der Waals surface area contributed by atoms with Crippen molar-refractivity contribution in [3.8, 4) is 6.07 Å². The van der Waals surface area contributed by atoms with E-state index in [4.69, 9.17) is 5.26 Å². The Morgan fingerprint density at radius 1 is 1.33 bits per heavy atom. The standard InChI is InChI=1S/C13H24N2/c1-12(2,3)13(9-10-14)7-5-11(15-4)6-8-13/h11,15H,5-9H2,1-4H3/t11-,13+. The van der Waals surface area contributed by atoms with Gasteiger partial charge in [0.2, 0.25) is 0 Å². The van der Waals surface area contributed by atoms with E-state index in [0.29, 0.717) is 12.5 Å². The number of hydrogen-bond donors (Lipinski definition) is 1. The zero-order valence-electron chi connectivity index (χ0n) is 10.6. The Labute approximate surface area is 94.1 Å². The lowest BCUT2D eigenvalue weighted by atomic mass is 9.57. The molecule has 1 N–H and O–H groups in total. The Kier molecular flexibility index (Phi) is 3.78. The third kappa shape index (κ3) is 2.52. The minimum absolute atomic E-state index is 0.245. The summed E-state index contributed by atoms with van der Waals surface area (Å²) in [6.07, 6.45) is 5.53. The second kappa shape index (κ2) is 4.53. The molecule has 0 aliphatic heterocycles. The largest absolute Gasteiger partial charge is 0.317 e. The van der Waals surface area contributed by atoms with Crippen LogP contribution in [-0.4, -0.2) is 13.1 Å². The number of nitriles is 1. The van der Waals surface area contributed by atoms with Gasteiger partial charge in [0.05, 0.1) is 6.07 Å². The Bertz CT molecular complexity index is 236. The normalized spacial score (nSPS) is 32.3. The molecule has 86 valence electrons. The Morgan fingerprint density at radius 3 is 2.20 bits per heavy atom. The lowest BCUT2D eigenvalue weighted by Gasteiger charge is -2.48. The molecule has 0 heterocycles. The molecule has 0 atom stereocenters. The van der Waals surface area contributed by atoms with Crippen LogP contribution >= 0.6 is 0 Å². The van der Waals surface area contributed by atoms with Crippen LogP contribution in [0.4, 0.5) is 0 Å². The van der Waals surface area contributed by atoms with E-state index in [0.717, 1.165) is 0 Å². The molecule has 15 heavy (non-hydrogen) atoms. The van der Waals surface area contributed by atoms with Crippen molar-refractivity contribution < 1.29 is 0 Å². The van der Waals surface area contributed by atoms with Gasteiger partial charge in [0.25, 0.3) is 0 Å². The maximum Gasteiger partial charge on any atom is 0.0627 e. The van der Waals surface area contributed by atoms with E-state index >= 15 is 0 Å². The fourth-order valence-corrected chi connectivity index (χ4v) is 2.80. The molecule has 2 heteroatoms. The van der Waals surface area contributed by atoms with Gasteiger partial charge in [-0.1, -0.05) is 20.8 Å². The first-order valence-corrected chi connectivity index (χ1v) is 5.99. The van der Waals surface area contributed by atoms with Gasteiger partial charge < -0.3 is 5.32 Å². The first kappa shape index (κ1) is 12.5. The summed E-state index contributed by atoms with van der Waals surface area (Å²) in [6.45, 7) is 6.85. The summed E-state index contributed by atoms with van der Waals surface area (Å²) in [7, 11) is 2.04. The molecule has 1 fully saturated rings. The highest BCUT2D eigenvalue weighted by atomic mass is 14.9. The molecule has 0 spiro atoms. The fraction of sp³-hybridized carbons (Fsp3) is 0.923. The van der Waals surface area contributed by atoms with Crippen molar-refractivity contribution >= 4 is 0 Å². The number of hydrogen-bond acceptors (Lipinski definition) is 2. The first-order chi connectivity index (χ1) is 6.95. The number of nitrogens with one attached hydrogen (secondary N) is 1. The van der Waals surface area contributed by atoms with Crippen molar-refractivity contribution in [1.29, 1.82) is 5.26 Å². The molecule has 0 aromatic carbocycles. The molecule has 0 radical (unpaired) electrons. The summed E-state index contributed by atoms with van der Waals surface area (Å²) < 4.78 is 0. The average Bonchev–Trinajstić information content (AvgIpc) is 2.18. The smallest absolute Gasteiger partial charge is 0.0627 e. The molecule has 2 nitrogen and oxygen atoms in total. The van der Waals surface area contributed by atoms with E-state index in [9.17, 15) is 0 Å². The lowest BCUT2D eigenvalue weighted by Crippen LogP contribution is -2.42. The van der Waals surface area contributed by atoms with E-state index in [1.165, 1.54) is 25.7 Å². The molecule has 0 aromatic rings. The van der Waals surface area contributed by atoms with Gasteiger partial charge in [-0.3, -0.25) is 0 Å². The van der Waals surface area contributed by atoms with Gasteiger partial charge in [-0.15, -0.1) is 0 Å². The Hall–Kier alpha value is -0.550. The second-order valence-corrected chi connectivity index (χ2v) is 5.93. The van der Waals surface area contributed by atoms with E-state index in [1.807, 2.05) is 7.05 Å². The van der Waals surface area contributed by atoms with Crippen molar-refractivity contribution in [3.05, 3.63) is 0 Å². The fourth-order valence-electron chi connectivity index (χ4n) is 2.80. The topological polar surface area (TPSA) is 35.8 Å². The summed E-state index contributed by atoms with van der Waals surface area (Å²) in [5.74, 6) is 0. The quantitative estimate of drug-likeness (QED) is 0.757. The van der Waals surface area contributed by atoms with E-state index < -0.39 is 0 Å². The molecule has 0 unspecified atom stereocenters. The van der Waals surface area contributed by atoms with Gasteiger partial charge in [-0.05, 0) is 43.6 Å². The molecule has 0 bridgehead atoms. The zero-order valence-corrected chi connectivity index (χ0v) is 10.6. The molecule has 1 aliphatic carbocycles. The molecule has 1 rings (SSSR count). The monoisotopic (exact) mass is 208 g/mol. The zero-order chi connectivity index (χ0) is 11.5. The first-order valence-electron chi connectivity index (χ1n) is 5.99. The van der Waals surface area contributed by atoms with Gasteiger partial charge in [0.1, 0.15) is 0 Å². The highest BCUT2D eigenvalue weighted by Gasteiger charge is 2.43. The summed E-state index contributed by atoms with van der Waals surface area (Å²) in [5, 5.41) is 12.4. The number of rotatable bonds is 2. The van der Waals surface area contributed by atoms with Crippen LogP contribution in [0.25, 0.3) is 0 Å². The van der Waals surface area contributed by atoms with Crippen LogP contribution in [0.3, 0.4) is 0 Å². The minimum Gasteiger partial charge on any atom is -0.317 e. The summed E-state index contributed by atoms with van der Waals surface area (Å²) in [4.78, 5) is 0. The second-order valence-electron chi connectivity index (χ2n) is 5.93. The molecular formula is C13H24N2. The van der Waals surface area contributed by atoms with Gasteiger partial charge in [-0.2, -0.15) is 5.26 Å². The highest BCUT2D eigenvalue weighted by Crippen LogP contribution is 2.51. The summed E-state index contributed by atoms with van der Waals surface area (Å²) in [5.41, 5.74) is 0.497. The van der Waals surface area contributed by atoms with Gasteiger partial charge in [0.15, 0.2) is 0 Å². The van der Waals surface area contributed by atoms with Crippen LogP contribution in [0.5, 0.6) is 0 Å². The summed E-state index contributed by atoms with van der Waals surface area (Å²) >= 11 is 0. The number of nitrogens with zero attached hydrogens (tertiary/aromatic N) is 1. The minimum atomic E-state index is 0.245. The van der Waals surface area contributed by atoms with Crippen LogP contribution in [0.15, 0.2) is 0 Å². The van der Waals surface area contributed by atoms with Crippen molar-refractivity contribution in [2.75, 3.05) is 7.05 Å². The third-order valence-corrected chi connectivity index (χ3v) is 4.36. The molecular weight excluding hydrogens is 184 g/mol. The maximum atomic E-state index is 9.00. The molecule has 0 aromatic heterocycles. The van der Waals surface area contributed by atoms with Crippen LogP contribution < -0.4 is 5.32 Å². The van der Waals surface area contributed by atoms with Crippen molar-refractivity contribution in [2.24, 2.45) is 10.8 Å². The van der Waals surface area contributed by atoms with Gasteiger partial charge in [0, 0.05) is 12.5 Å². The predicted octanol–water partition coefficient (Wildman–Crippen LogP) is 3.09. The molecule has 0 saturated heterocycles. The van der Waals surface area contributed by atoms with Crippen LogP contribution in [-0.2, 0) is 0 Å².